The van der Waals surface area contributed by atoms with Gasteiger partial charge in [0, 0.05) is 21.8 Å². The van der Waals surface area contributed by atoms with Gasteiger partial charge in [0.1, 0.15) is 6.29 Å². The van der Waals surface area contributed by atoms with Gasteiger partial charge in [-0.2, -0.15) is 0 Å². The Hall–Kier alpha value is -2.13. The molecule has 3 nitrogen and oxygen atoms in total. The molecule has 90 valence electrons. The zero-order valence-electron chi connectivity index (χ0n) is 9.39. The van der Waals surface area contributed by atoms with Crippen molar-refractivity contribution < 1.29 is 9.59 Å². The first kappa shape index (κ1) is 12.3. The van der Waals surface area contributed by atoms with Gasteiger partial charge in [-0.25, -0.2) is 0 Å². The molecule has 4 heteroatoms. The van der Waals surface area contributed by atoms with Gasteiger partial charge >= 0.3 is 0 Å². The number of carbonyl (C=O) groups excluding carboxylic acids is 2. The highest BCUT2D eigenvalue weighted by Crippen LogP contribution is 2.13. The SMILES string of the molecule is O=Cc1ccc(NC(=O)c2ccc(Cl)cc2)cc1. The van der Waals surface area contributed by atoms with E-state index in [-0.39, 0.29) is 5.91 Å². The van der Waals surface area contributed by atoms with E-state index in [4.69, 9.17) is 11.6 Å². The van der Waals surface area contributed by atoms with Crippen molar-refractivity contribution in [2.45, 2.75) is 0 Å². The van der Waals surface area contributed by atoms with E-state index in [2.05, 4.69) is 5.32 Å². The minimum absolute atomic E-state index is 0.217. The van der Waals surface area contributed by atoms with E-state index < -0.39 is 0 Å². The van der Waals surface area contributed by atoms with Crippen molar-refractivity contribution in [2.75, 3.05) is 5.32 Å². The van der Waals surface area contributed by atoms with Crippen LogP contribution in [0.1, 0.15) is 20.7 Å². The summed E-state index contributed by atoms with van der Waals surface area (Å²) in [5.74, 6) is -0.217. The van der Waals surface area contributed by atoms with Crippen molar-refractivity contribution in [3.05, 3.63) is 64.7 Å². The fourth-order valence-corrected chi connectivity index (χ4v) is 1.58. The van der Waals surface area contributed by atoms with Crippen LogP contribution in [0.3, 0.4) is 0 Å². The molecule has 2 aromatic carbocycles. The topological polar surface area (TPSA) is 46.2 Å². The Morgan fingerprint density at radius 1 is 1.00 bits per heavy atom. The molecule has 0 radical (unpaired) electrons. The molecule has 1 N–H and O–H groups in total. The zero-order valence-corrected chi connectivity index (χ0v) is 10.1. The second-order valence-corrected chi connectivity index (χ2v) is 4.14. The van der Waals surface area contributed by atoms with Gasteiger partial charge in [-0.3, -0.25) is 9.59 Å². The molecule has 0 aromatic heterocycles. The Bertz CT molecular complexity index is 561. The van der Waals surface area contributed by atoms with E-state index in [1.807, 2.05) is 0 Å². The van der Waals surface area contributed by atoms with Gasteiger partial charge in [-0.15, -0.1) is 0 Å². The number of carbonyl (C=O) groups is 2. The summed E-state index contributed by atoms with van der Waals surface area (Å²) in [6.45, 7) is 0. The summed E-state index contributed by atoms with van der Waals surface area (Å²) in [6.07, 6.45) is 0.755. The molecule has 0 bridgehead atoms. The van der Waals surface area contributed by atoms with E-state index in [0.29, 0.717) is 21.8 Å². The molecular formula is C14H10ClNO2. The fraction of sp³-hybridized carbons (Fsp3) is 0. The van der Waals surface area contributed by atoms with Gasteiger partial charge in [0.05, 0.1) is 0 Å². The summed E-state index contributed by atoms with van der Waals surface area (Å²) in [6, 6.07) is 13.3. The van der Waals surface area contributed by atoms with Gasteiger partial charge in [0.25, 0.3) is 5.91 Å². The molecule has 1 amide bonds. The standard InChI is InChI=1S/C14H10ClNO2/c15-12-5-3-11(4-6-12)14(18)16-13-7-1-10(9-17)2-8-13/h1-9H,(H,16,18). The van der Waals surface area contributed by atoms with E-state index in [9.17, 15) is 9.59 Å². The van der Waals surface area contributed by atoms with Crippen LogP contribution in [0.25, 0.3) is 0 Å². The molecule has 0 aliphatic heterocycles. The molecule has 0 spiro atoms. The highest BCUT2D eigenvalue weighted by molar-refractivity contribution is 6.30. The van der Waals surface area contributed by atoms with Crippen molar-refractivity contribution in [1.82, 2.24) is 0 Å². The molecule has 18 heavy (non-hydrogen) atoms. The number of nitrogens with one attached hydrogen (secondary N) is 1. The smallest absolute Gasteiger partial charge is 0.255 e. The van der Waals surface area contributed by atoms with Crippen molar-refractivity contribution in [2.24, 2.45) is 0 Å². The lowest BCUT2D eigenvalue weighted by Gasteiger charge is -2.05. The lowest BCUT2D eigenvalue weighted by Crippen LogP contribution is -2.11. The summed E-state index contributed by atoms with van der Waals surface area (Å²) in [5, 5.41) is 3.32. The molecule has 0 aliphatic carbocycles. The maximum atomic E-state index is 11.9. The number of rotatable bonds is 3. The number of halogens is 1. The van der Waals surface area contributed by atoms with Gasteiger partial charge in [-0.1, -0.05) is 11.6 Å². The van der Waals surface area contributed by atoms with Crippen LogP contribution in [0.4, 0.5) is 5.69 Å². The molecule has 0 atom stereocenters. The molecular weight excluding hydrogens is 250 g/mol. The molecule has 0 aliphatic rings. The number of anilines is 1. The molecule has 2 rings (SSSR count). The van der Waals surface area contributed by atoms with Crippen LogP contribution in [0.5, 0.6) is 0 Å². The molecule has 2 aromatic rings. The number of benzene rings is 2. The first-order chi connectivity index (χ1) is 8.69. The normalized spacial score (nSPS) is 9.83. The van der Waals surface area contributed by atoms with Crippen LogP contribution in [0.15, 0.2) is 48.5 Å². The zero-order chi connectivity index (χ0) is 13.0. The number of hydrogen-bond acceptors (Lipinski definition) is 2. The highest BCUT2D eigenvalue weighted by Gasteiger charge is 2.05. The third-order valence-corrected chi connectivity index (χ3v) is 2.66. The molecule has 0 fully saturated rings. The van der Waals surface area contributed by atoms with Crippen LogP contribution >= 0.6 is 11.6 Å². The fourth-order valence-electron chi connectivity index (χ4n) is 1.45. The van der Waals surface area contributed by atoms with E-state index >= 15 is 0 Å². The van der Waals surface area contributed by atoms with Crippen molar-refractivity contribution in [3.63, 3.8) is 0 Å². The summed E-state index contributed by atoms with van der Waals surface area (Å²) < 4.78 is 0. The summed E-state index contributed by atoms with van der Waals surface area (Å²) in [5.41, 5.74) is 1.74. The van der Waals surface area contributed by atoms with Crippen molar-refractivity contribution >= 4 is 29.5 Å². The van der Waals surface area contributed by atoms with Crippen LogP contribution in [0.2, 0.25) is 5.02 Å². The van der Waals surface area contributed by atoms with Crippen molar-refractivity contribution in [3.8, 4) is 0 Å². The molecule has 0 heterocycles. The van der Waals surface area contributed by atoms with Gasteiger partial charge in [0.2, 0.25) is 0 Å². The monoisotopic (exact) mass is 259 g/mol. The number of hydrogen-bond donors (Lipinski definition) is 1. The number of aldehydes is 1. The Morgan fingerprint density at radius 2 is 1.61 bits per heavy atom. The van der Waals surface area contributed by atoms with E-state index in [1.165, 1.54) is 0 Å². The summed E-state index contributed by atoms with van der Waals surface area (Å²) >= 11 is 5.75. The average Bonchev–Trinajstić information content (AvgIpc) is 2.40. The minimum atomic E-state index is -0.217. The lowest BCUT2D eigenvalue weighted by atomic mass is 10.2. The van der Waals surface area contributed by atoms with Crippen LogP contribution in [-0.2, 0) is 0 Å². The second kappa shape index (κ2) is 5.47. The van der Waals surface area contributed by atoms with Crippen LogP contribution in [0, 0.1) is 0 Å². The number of amides is 1. The second-order valence-electron chi connectivity index (χ2n) is 3.70. The minimum Gasteiger partial charge on any atom is -0.322 e. The highest BCUT2D eigenvalue weighted by atomic mass is 35.5. The molecule has 0 saturated heterocycles. The average molecular weight is 260 g/mol. The quantitative estimate of drug-likeness (QED) is 0.859. The lowest BCUT2D eigenvalue weighted by molar-refractivity contribution is 0.102. The van der Waals surface area contributed by atoms with E-state index in [0.717, 1.165) is 6.29 Å². The Morgan fingerprint density at radius 3 is 2.17 bits per heavy atom. The maximum absolute atomic E-state index is 11.9. The largest absolute Gasteiger partial charge is 0.322 e. The Balaban J connectivity index is 2.10. The van der Waals surface area contributed by atoms with Crippen LogP contribution < -0.4 is 5.32 Å². The van der Waals surface area contributed by atoms with Crippen molar-refractivity contribution in [1.29, 1.82) is 0 Å². The Kier molecular flexibility index (Phi) is 3.75. The van der Waals surface area contributed by atoms with E-state index in [1.54, 1.807) is 48.5 Å². The van der Waals surface area contributed by atoms with Crippen LogP contribution in [-0.4, -0.2) is 12.2 Å². The first-order valence-electron chi connectivity index (χ1n) is 5.31. The predicted molar refractivity (Wildman–Crippen MR) is 71.2 cm³/mol. The van der Waals surface area contributed by atoms with Gasteiger partial charge < -0.3 is 5.32 Å². The molecule has 0 unspecified atom stereocenters. The Labute approximate surface area is 109 Å². The maximum Gasteiger partial charge on any atom is 0.255 e. The predicted octanol–water partition coefficient (Wildman–Crippen LogP) is 3.40. The van der Waals surface area contributed by atoms with Gasteiger partial charge in [0.15, 0.2) is 0 Å². The molecule has 0 saturated carbocycles. The summed E-state index contributed by atoms with van der Waals surface area (Å²) in [7, 11) is 0. The third-order valence-electron chi connectivity index (χ3n) is 2.41. The van der Waals surface area contributed by atoms with Gasteiger partial charge in [-0.05, 0) is 48.5 Å². The first-order valence-corrected chi connectivity index (χ1v) is 5.69. The summed E-state index contributed by atoms with van der Waals surface area (Å²) in [4.78, 5) is 22.3. The third kappa shape index (κ3) is 2.96.